The van der Waals surface area contributed by atoms with Gasteiger partial charge in [0.25, 0.3) is 0 Å². The monoisotopic (exact) mass is 703 g/mol. The number of carbonyl (C=O) groups is 1. The van der Waals surface area contributed by atoms with Gasteiger partial charge >= 0.3 is 6.08 Å². The molecule has 9 nitrogen and oxygen atoms in total. The molecular weight excluding hydrogens is 642 g/mol. The topological polar surface area (TPSA) is 100 Å². The molecule has 0 unspecified atom stereocenters. The van der Waals surface area contributed by atoms with Crippen LogP contribution in [0.5, 0.6) is 0 Å². The SMILES string of the molecule is C#C[C@]1(CO[Si](C)(C)C(C)(C)C)O[C@@H](n2cnc3c(NC(=O)CCCCCCCCCCC)nc(F)nc32)C[C@@H]1O[Si](C)(C)C(C)(C)C. The third kappa shape index (κ3) is 9.96. The molecule has 0 spiro atoms. The number of nitrogens with one attached hydrogen (secondary N) is 1. The number of rotatable bonds is 17. The highest BCUT2D eigenvalue weighted by atomic mass is 28.4. The molecule has 1 aliphatic rings. The van der Waals surface area contributed by atoms with Crippen LogP contribution >= 0.6 is 0 Å². The molecule has 3 heterocycles. The maximum absolute atomic E-state index is 14.9. The number of aromatic nitrogens is 4. The summed E-state index contributed by atoms with van der Waals surface area (Å²) in [6.07, 6.45) is 16.9. The number of anilines is 1. The molecule has 1 N–H and O–H groups in total. The Morgan fingerprint density at radius 3 is 2.17 bits per heavy atom. The van der Waals surface area contributed by atoms with E-state index in [-0.39, 0.29) is 39.6 Å². The molecule has 1 fully saturated rings. The predicted molar refractivity (Wildman–Crippen MR) is 197 cm³/mol. The largest absolute Gasteiger partial charge is 0.413 e. The fourth-order valence-corrected chi connectivity index (χ4v) is 7.72. The van der Waals surface area contributed by atoms with Gasteiger partial charge in [0, 0.05) is 12.8 Å². The van der Waals surface area contributed by atoms with Gasteiger partial charge in [-0.2, -0.15) is 14.4 Å². The first-order valence-electron chi connectivity index (χ1n) is 17.9. The number of terminal acetylenes is 1. The quantitative estimate of drug-likeness (QED) is 0.0758. The predicted octanol–water partition coefficient (Wildman–Crippen LogP) is 9.53. The zero-order chi connectivity index (χ0) is 36.0. The van der Waals surface area contributed by atoms with Gasteiger partial charge in [0.15, 0.2) is 39.2 Å². The Morgan fingerprint density at radius 1 is 1.02 bits per heavy atom. The molecule has 270 valence electrons. The van der Waals surface area contributed by atoms with E-state index >= 15 is 0 Å². The minimum Gasteiger partial charge on any atom is -0.413 e. The summed E-state index contributed by atoms with van der Waals surface area (Å²) in [5.74, 6) is 2.76. The number of ether oxygens (including phenoxy) is 1. The second-order valence-corrected chi connectivity index (χ2v) is 26.1. The van der Waals surface area contributed by atoms with Crippen LogP contribution in [-0.4, -0.2) is 60.4 Å². The molecule has 12 heteroatoms. The first-order valence-corrected chi connectivity index (χ1v) is 23.8. The zero-order valence-corrected chi connectivity index (χ0v) is 33.6. The van der Waals surface area contributed by atoms with Crippen molar-refractivity contribution in [3.8, 4) is 12.3 Å². The van der Waals surface area contributed by atoms with Gasteiger partial charge in [0.1, 0.15) is 6.23 Å². The van der Waals surface area contributed by atoms with E-state index < -0.39 is 40.6 Å². The maximum atomic E-state index is 14.9. The summed E-state index contributed by atoms with van der Waals surface area (Å²) in [5, 5.41) is 2.68. The van der Waals surface area contributed by atoms with Crippen LogP contribution < -0.4 is 5.32 Å². The summed E-state index contributed by atoms with van der Waals surface area (Å²) in [6, 6.07) is 0. The maximum Gasteiger partial charge on any atom is 0.312 e. The van der Waals surface area contributed by atoms with Gasteiger partial charge in [0.05, 0.1) is 19.0 Å². The van der Waals surface area contributed by atoms with Crippen LogP contribution in [0.15, 0.2) is 6.33 Å². The molecule has 3 rings (SSSR count). The Bertz CT molecular complexity index is 1410. The van der Waals surface area contributed by atoms with Crippen LogP contribution in [0.3, 0.4) is 0 Å². The zero-order valence-electron chi connectivity index (χ0n) is 31.6. The lowest BCUT2D eigenvalue weighted by Crippen LogP contribution is -2.54. The van der Waals surface area contributed by atoms with Crippen molar-refractivity contribution in [3.63, 3.8) is 0 Å². The fraction of sp³-hybridized carbons (Fsp3) is 0.778. The van der Waals surface area contributed by atoms with Crippen LogP contribution in [0.4, 0.5) is 10.2 Å². The number of hydrogen-bond donors (Lipinski definition) is 1. The summed E-state index contributed by atoms with van der Waals surface area (Å²) < 4.78 is 36.9. The van der Waals surface area contributed by atoms with Gasteiger partial charge in [-0.05, 0) is 42.7 Å². The highest BCUT2D eigenvalue weighted by Gasteiger charge is 2.54. The minimum atomic E-state index is -2.29. The lowest BCUT2D eigenvalue weighted by molar-refractivity contribution is -0.116. The van der Waals surface area contributed by atoms with Crippen molar-refractivity contribution < 1.29 is 22.8 Å². The van der Waals surface area contributed by atoms with Crippen LogP contribution in [-0.2, 0) is 18.4 Å². The Hall–Kier alpha value is -2.18. The van der Waals surface area contributed by atoms with Gasteiger partial charge in [0.2, 0.25) is 5.91 Å². The van der Waals surface area contributed by atoms with Gasteiger partial charge in [-0.25, -0.2) is 4.98 Å². The number of halogens is 1. The minimum absolute atomic E-state index is 0.0275. The molecule has 0 aromatic carbocycles. The summed E-state index contributed by atoms with van der Waals surface area (Å²) >= 11 is 0. The van der Waals surface area contributed by atoms with E-state index in [4.69, 9.17) is 20.0 Å². The van der Waals surface area contributed by atoms with Crippen LogP contribution in [0, 0.1) is 18.4 Å². The van der Waals surface area contributed by atoms with Crippen molar-refractivity contribution in [3.05, 3.63) is 12.4 Å². The van der Waals surface area contributed by atoms with Crippen molar-refractivity contribution in [2.75, 3.05) is 11.9 Å². The highest BCUT2D eigenvalue weighted by Crippen LogP contribution is 2.46. The summed E-state index contributed by atoms with van der Waals surface area (Å²) in [7, 11) is -4.49. The molecule has 0 bridgehead atoms. The summed E-state index contributed by atoms with van der Waals surface area (Å²) in [5.41, 5.74) is -0.669. The van der Waals surface area contributed by atoms with Crippen molar-refractivity contribution >= 4 is 39.5 Å². The first kappa shape index (κ1) is 40.3. The molecule has 2 aromatic heterocycles. The average Bonchev–Trinajstić information content (AvgIpc) is 3.55. The molecule has 0 radical (unpaired) electrons. The molecule has 1 aliphatic heterocycles. The molecule has 0 aliphatic carbocycles. The highest BCUT2D eigenvalue weighted by molar-refractivity contribution is 6.74. The number of fused-ring (bicyclic) bond motifs is 1. The van der Waals surface area contributed by atoms with Crippen molar-refractivity contribution in [2.45, 2.75) is 173 Å². The number of carbonyl (C=O) groups excluding carboxylic acids is 1. The molecule has 48 heavy (non-hydrogen) atoms. The van der Waals surface area contributed by atoms with E-state index in [9.17, 15) is 9.18 Å². The fourth-order valence-electron chi connectivity index (χ4n) is 5.36. The molecular formula is C36H62FN5O4Si2. The van der Waals surface area contributed by atoms with Crippen LogP contribution in [0.25, 0.3) is 11.2 Å². The second-order valence-electron chi connectivity index (χ2n) is 16.5. The van der Waals surface area contributed by atoms with E-state index in [1.807, 2.05) is 0 Å². The van der Waals surface area contributed by atoms with Crippen molar-refractivity contribution in [1.82, 2.24) is 19.5 Å². The second kappa shape index (κ2) is 16.2. The molecule has 0 saturated carbocycles. The standard InChI is InChI=1S/C36H62FN5O4Si2/c1-13-15-16-17-18-19-20-21-22-23-28(43)39-31-30-32(41-33(37)40-31)42(26-38-30)29-24-27(46-48(11,12)35(6,7)8)36(14-2,45-29)25-44-47(9,10)34(3,4)5/h2,26-27,29H,13,15-25H2,1,3-12H3,(H,39,40,41,43)/t27-,29+,36+/m0/s1. The third-order valence-electron chi connectivity index (χ3n) is 10.7. The summed E-state index contributed by atoms with van der Waals surface area (Å²) in [6.45, 7) is 24.2. The van der Waals surface area contributed by atoms with Gasteiger partial charge < -0.3 is 18.9 Å². The Labute approximate surface area is 291 Å². The molecule has 1 amide bonds. The van der Waals surface area contributed by atoms with Gasteiger partial charge in [-0.3, -0.25) is 9.36 Å². The molecule has 3 atom stereocenters. The summed E-state index contributed by atoms with van der Waals surface area (Å²) in [4.78, 5) is 25.3. The van der Waals surface area contributed by atoms with E-state index in [2.05, 4.69) is 101 Å². The lowest BCUT2D eigenvalue weighted by Gasteiger charge is -2.43. The average molecular weight is 704 g/mol. The normalized spacial score (nSPS) is 20.7. The smallest absolute Gasteiger partial charge is 0.312 e. The van der Waals surface area contributed by atoms with Crippen molar-refractivity contribution in [1.29, 1.82) is 0 Å². The molecule has 1 saturated heterocycles. The van der Waals surface area contributed by atoms with Crippen LogP contribution in [0.2, 0.25) is 36.3 Å². The third-order valence-corrected chi connectivity index (χ3v) is 19.7. The molecule has 2 aromatic rings. The number of amides is 1. The van der Waals surface area contributed by atoms with E-state index in [0.29, 0.717) is 12.8 Å². The van der Waals surface area contributed by atoms with Crippen LogP contribution in [0.1, 0.15) is 125 Å². The Balaban J connectivity index is 1.81. The Kier molecular flexibility index (Phi) is 13.6. The number of unbranched alkanes of at least 4 members (excludes halogenated alkanes) is 8. The van der Waals surface area contributed by atoms with Gasteiger partial charge in [-0.15, -0.1) is 6.42 Å². The van der Waals surface area contributed by atoms with E-state index in [0.717, 1.165) is 19.3 Å². The number of imidazole rings is 1. The van der Waals surface area contributed by atoms with E-state index in [1.165, 1.54) is 38.5 Å². The van der Waals surface area contributed by atoms with Gasteiger partial charge in [-0.1, -0.05) is 106 Å². The number of nitrogens with zero attached hydrogens (tertiary/aromatic N) is 4. The first-order chi connectivity index (χ1) is 22.3. The lowest BCUT2D eigenvalue weighted by atomic mass is 9.99. The van der Waals surface area contributed by atoms with E-state index in [1.54, 1.807) is 10.9 Å². The number of hydrogen-bond acceptors (Lipinski definition) is 7. The Morgan fingerprint density at radius 2 is 1.60 bits per heavy atom. The van der Waals surface area contributed by atoms with Crippen molar-refractivity contribution in [2.24, 2.45) is 0 Å².